The molecular formula is C14H12BrF2NO. The van der Waals surface area contributed by atoms with Crippen LogP contribution in [-0.4, -0.2) is 7.11 Å². The van der Waals surface area contributed by atoms with Crippen LogP contribution >= 0.6 is 15.9 Å². The summed E-state index contributed by atoms with van der Waals surface area (Å²) in [4.78, 5) is 0. The quantitative estimate of drug-likeness (QED) is 0.901. The molecule has 19 heavy (non-hydrogen) atoms. The molecule has 0 fully saturated rings. The highest BCUT2D eigenvalue weighted by Crippen LogP contribution is 2.25. The zero-order chi connectivity index (χ0) is 13.8. The predicted octanol–water partition coefficient (Wildman–Crippen LogP) is 4.35. The topological polar surface area (TPSA) is 21.3 Å². The first-order chi connectivity index (χ1) is 9.10. The van der Waals surface area contributed by atoms with Crippen LogP contribution < -0.4 is 10.1 Å². The molecule has 0 radical (unpaired) electrons. The highest BCUT2D eigenvalue weighted by atomic mass is 79.9. The SMILES string of the molecule is COc1cc(Br)cc(NCc2cccc(F)c2F)c1. The van der Waals surface area contributed by atoms with Crippen LogP contribution in [0.3, 0.4) is 0 Å². The minimum atomic E-state index is -0.842. The van der Waals surface area contributed by atoms with Crippen molar-refractivity contribution in [3.63, 3.8) is 0 Å². The second-order valence-electron chi connectivity index (χ2n) is 3.95. The molecule has 2 aromatic carbocycles. The fourth-order valence-corrected chi connectivity index (χ4v) is 2.14. The molecule has 0 aromatic heterocycles. The molecule has 5 heteroatoms. The number of benzene rings is 2. The van der Waals surface area contributed by atoms with Crippen LogP contribution in [0.5, 0.6) is 5.75 Å². The van der Waals surface area contributed by atoms with Crippen LogP contribution in [0.1, 0.15) is 5.56 Å². The maximum atomic E-state index is 13.5. The van der Waals surface area contributed by atoms with Crippen molar-refractivity contribution in [2.75, 3.05) is 12.4 Å². The van der Waals surface area contributed by atoms with Crippen molar-refractivity contribution in [2.45, 2.75) is 6.54 Å². The van der Waals surface area contributed by atoms with Gasteiger partial charge in [0.05, 0.1) is 7.11 Å². The number of rotatable bonds is 4. The van der Waals surface area contributed by atoms with E-state index in [-0.39, 0.29) is 12.1 Å². The maximum absolute atomic E-state index is 13.5. The van der Waals surface area contributed by atoms with Gasteiger partial charge in [0.15, 0.2) is 11.6 Å². The van der Waals surface area contributed by atoms with Gasteiger partial charge in [0.1, 0.15) is 5.75 Å². The summed E-state index contributed by atoms with van der Waals surface area (Å²) in [6.45, 7) is 0.198. The lowest BCUT2D eigenvalue weighted by atomic mass is 10.2. The van der Waals surface area contributed by atoms with E-state index in [2.05, 4.69) is 21.2 Å². The van der Waals surface area contributed by atoms with Crippen LogP contribution in [0.25, 0.3) is 0 Å². The lowest BCUT2D eigenvalue weighted by molar-refractivity contribution is 0.414. The van der Waals surface area contributed by atoms with Crippen molar-refractivity contribution in [1.29, 1.82) is 0 Å². The molecule has 0 aliphatic carbocycles. The van der Waals surface area contributed by atoms with Gasteiger partial charge in [0.25, 0.3) is 0 Å². The van der Waals surface area contributed by atoms with Crippen molar-refractivity contribution < 1.29 is 13.5 Å². The Balaban J connectivity index is 2.14. The molecule has 2 nitrogen and oxygen atoms in total. The average Bonchev–Trinajstić information content (AvgIpc) is 2.40. The van der Waals surface area contributed by atoms with Crippen LogP contribution in [0.2, 0.25) is 0 Å². The van der Waals surface area contributed by atoms with E-state index in [0.717, 1.165) is 16.2 Å². The summed E-state index contributed by atoms with van der Waals surface area (Å²) in [6.07, 6.45) is 0. The van der Waals surface area contributed by atoms with E-state index >= 15 is 0 Å². The summed E-state index contributed by atoms with van der Waals surface area (Å²) in [6, 6.07) is 9.55. The Morgan fingerprint density at radius 1 is 1.21 bits per heavy atom. The zero-order valence-electron chi connectivity index (χ0n) is 10.2. The Bertz CT molecular complexity index is 590. The molecule has 2 rings (SSSR count). The Labute approximate surface area is 118 Å². The second kappa shape index (κ2) is 6.02. The molecule has 0 aliphatic rings. The molecular weight excluding hydrogens is 316 g/mol. The highest BCUT2D eigenvalue weighted by molar-refractivity contribution is 9.10. The summed E-state index contributed by atoms with van der Waals surface area (Å²) in [5.74, 6) is -0.986. The number of hydrogen-bond acceptors (Lipinski definition) is 2. The van der Waals surface area contributed by atoms with Gasteiger partial charge in [-0.25, -0.2) is 8.78 Å². The summed E-state index contributed by atoms with van der Waals surface area (Å²) in [5, 5.41) is 3.03. The molecule has 0 bridgehead atoms. The van der Waals surface area contributed by atoms with Gasteiger partial charge in [-0.1, -0.05) is 28.1 Å². The first-order valence-electron chi connectivity index (χ1n) is 5.61. The Kier molecular flexibility index (Phi) is 4.37. The summed E-state index contributed by atoms with van der Waals surface area (Å²) in [7, 11) is 1.57. The van der Waals surface area contributed by atoms with Crippen molar-refractivity contribution in [1.82, 2.24) is 0 Å². The third kappa shape index (κ3) is 3.44. The average molecular weight is 328 g/mol. The molecule has 0 atom stereocenters. The number of hydrogen-bond donors (Lipinski definition) is 1. The number of anilines is 1. The largest absolute Gasteiger partial charge is 0.497 e. The van der Waals surface area contributed by atoms with Gasteiger partial charge in [-0.05, 0) is 18.2 Å². The van der Waals surface area contributed by atoms with Crippen LogP contribution in [0.4, 0.5) is 14.5 Å². The van der Waals surface area contributed by atoms with E-state index in [9.17, 15) is 8.78 Å². The van der Waals surface area contributed by atoms with Gasteiger partial charge in [0.2, 0.25) is 0 Å². The Hall–Kier alpha value is -1.62. The lowest BCUT2D eigenvalue weighted by Crippen LogP contribution is -2.03. The summed E-state index contributed by atoms with van der Waals surface area (Å²) >= 11 is 3.35. The molecule has 0 aliphatic heterocycles. The highest BCUT2D eigenvalue weighted by Gasteiger charge is 2.07. The molecule has 100 valence electrons. The number of ether oxygens (including phenoxy) is 1. The van der Waals surface area contributed by atoms with Gasteiger partial charge in [-0.15, -0.1) is 0 Å². The zero-order valence-corrected chi connectivity index (χ0v) is 11.8. The monoisotopic (exact) mass is 327 g/mol. The summed E-state index contributed by atoms with van der Waals surface area (Å²) in [5.41, 5.74) is 1.04. The van der Waals surface area contributed by atoms with Crippen LogP contribution in [0, 0.1) is 11.6 Å². The molecule has 0 spiro atoms. The van der Waals surface area contributed by atoms with E-state index in [1.54, 1.807) is 19.2 Å². The van der Waals surface area contributed by atoms with E-state index in [1.165, 1.54) is 6.07 Å². The van der Waals surface area contributed by atoms with Crippen molar-refractivity contribution in [2.24, 2.45) is 0 Å². The third-order valence-corrected chi connectivity index (χ3v) is 3.08. The first-order valence-corrected chi connectivity index (χ1v) is 6.41. The number of methoxy groups -OCH3 is 1. The molecule has 0 unspecified atom stereocenters. The first kappa shape index (κ1) is 13.8. The maximum Gasteiger partial charge on any atom is 0.163 e. The lowest BCUT2D eigenvalue weighted by Gasteiger charge is -2.10. The molecule has 0 heterocycles. The standard InChI is InChI=1S/C14H12BrF2NO/c1-19-12-6-10(15)5-11(7-12)18-8-9-3-2-4-13(16)14(9)17/h2-7,18H,8H2,1H3. The van der Waals surface area contributed by atoms with Gasteiger partial charge in [-0.3, -0.25) is 0 Å². The fourth-order valence-electron chi connectivity index (χ4n) is 1.66. The molecule has 2 aromatic rings. The molecule has 0 saturated carbocycles. The Morgan fingerprint density at radius 3 is 2.74 bits per heavy atom. The fraction of sp³-hybridized carbons (Fsp3) is 0.143. The van der Waals surface area contributed by atoms with Gasteiger partial charge in [0, 0.05) is 28.3 Å². The number of nitrogens with one attached hydrogen (secondary N) is 1. The summed E-state index contributed by atoms with van der Waals surface area (Å²) < 4.78 is 32.5. The molecule has 0 saturated heterocycles. The van der Waals surface area contributed by atoms with Gasteiger partial charge in [-0.2, -0.15) is 0 Å². The van der Waals surface area contributed by atoms with Crippen molar-refractivity contribution >= 4 is 21.6 Å². The van der Waals surface area contributed by atoms with E-state index in [1.807, 2.05) is 12.1 Å². The second-order valence-corrected chi connectivity index (χ2v) is 4.86. The van der Waals surface area contributed by atoms with Gasteiger partial charge >= 0.3 is 0 Å². The van der Waals surface area contributed by atoms with E-state index in [0.29, 0.717) is 5.75 Å². The third-order valence-electron chi connectivity index (χ3n) is 2.62. The molecule has 0 amide bonds. The van der Waals surface area contributed by atoms with Crippen LogP contribution in [-0.2, 0) is 6.54 Å². The normalized spacial score (nSPS) is 10.3. The van der Waals surface area contributed by atoms with Crippen molar-refractivity contribution in [3.8, 4) is 5.75 Å². The van der Waals surface area contributed by atoms with E-state index < -0.39 is 11.6 Å². The van der Waals surface area contributed by atoms with E-state index in [4.69, 9.17) is 4.74 Å². The minimum absolute atomic E-state index is 0.198. The smallest absolute Gasteiger partial charge is 0.163 e. The van der Waals surface area contributed by atoms with Crippen molar-refractivity contribution in [3.05, 3.63) is 58.1 Å². The van der Waals surface area contributed by atoms with Crippen LogP contribution in [0.15, 0.2) is 40.9 Å². The minimum Gasteiger partial charge on any atom is -0.497 e. The predicted molar refractivity (Wildman–Crippen MR) is 74.4 cm³/mol. The Morgan fingerprint density at radius 2 is 2.00 bits per heavy atom. The number of halogens is 3. The molecule has 1 N–H and O–H groups in total. The van der Waals surface area contributed by atoms with Gasteiger partial charge < -0.3 is 10.1 Å².